The smallest absolute Gasteiger partial charge is 0.238 e. The quantitative estimate of drug-likeness (QED) is 0.0212. The lowest BCUT2D eigenvalue weighted by Gasteiger charge is -2.18. The fourth-order valence-corrected chi connectivity index (χ4v) is 6.77. The summed E-state index contributed by atoms with van der Waals surface area (Å²) in [5.41, 5.74) is 1.22. The average Bonchev–Trinajstić information content (AvgIpc) is 3.30. The van der Waals surface area contributed by atoms with Crippen molar-refractivity contribution in [2.75, 3.05) is 82.5 Å². The van der Waals surface area contributed by atoms with Gasteiger partial charge in [-0.05, 0) is 94.6 Å². The Labute approximate surface area is 383 Å². The third-order valence-corrected chi connectivity index (χ3v) is 11.0. The van der Waals surface area contributed by atoms with Gasteiger partial charge < -0.3 is 50.5 Å². The van der Waals surface area contributed by atoms with E-state index in [9.17, 15) is 23.7 Å². The normalized spacial score (nSPS) is 12.0. The van der Waals surface area contributed by atoms with Gasteiger partial charge in [-0.15, -0.1) is 25.6 Å². The maximum Gasteiger partial charge on any atom is 0.238 e. The number of phenols is 3. The molecule has 4 aromatic carbocycles. The second-order valence-corrected chi connectivity index (χ2v) is 16.0. The highest BCUT2D eigenvalue weighted by atomic mass is 32.2. The van der Waals surface area contributed by atoms with Crippen LogP contribution in [0.25, 0.3) is 0 Å². The highest BCUT2D eigenvalue weighted by molar-refractivity contribution is 7.89. The molecule has 0 aliphatic rings. The second-order valence-electron chi connectivity index (χ2n) is 14.4. The van der Waals surface area contributed by atoms with Crippen LogP contribution in [-0.4, -0.2) is 115 Å². The maximum atomic E-state index is 11.8. The van der Waals surface area contributed by atoms with E-state index < -0.39 is 27.3 Å². The molecular formula is C43H57N15O7S. The summed E-state index contributed by atoms with van der Waals surface area (Å²) in [4.78, 5) is 18.3. The molecule has 352 valence electrons. The number of aromatic nitrogens is 3. The number of ether oxygens (including phenoxy) is 2. The lowest BCUT2D eigenvalue weighted by molar-refractivity contribution is 0.303. The van der Waals surface area contributed by atoms with Gasteiger partial charge in [0, 0.05) is 43.0 Å². The Morgan fingerprint density at radius 1 is 0.576 bits per heavy atom. The Bertz CT molecular complexity index is 2550. The summed E-state index contributed by atoms with van der Waals surface area (Å²) in [5.74, 6) is 0.521. The number of nitrogens with two attached hydrogens (primary N) is 1. The van der Waals surface area contributed by atoms with E-state index >= 15 is 0 Å². The molecule has 0 saturated carbocycles. The Hall–Kier alpha value is -7.08. The average molecular weight is 928 g/mol. The largest absolute Gasteiger partial charge is 0.506 e. The number of phenolic OH excluding ortho intramolecular Hbond substituents is 3. The number of nitrogens with one attached hydrogen (secondary N) is 3. The number of methoxy groups -OCH3 is 2. The first-order chi connectivity index (χ1) is 31.8. The molecule has 0 radical (unpaired) electrons. The van der Waals surface area contributed by atoms with Crippen molar-refractivity contribution in [2.24, 2.45) is 35.8 Å². The van der Waals surface area contributed by atoms with Crippen molar-refractivity contribution in [1.29, 1.82) is 0 Å². The maximum absolute atomic E-state index is 11.8. The summed E-state index contributed by atoms with van der Waals surface area (Å²) in [6, 6.07) is 15.6. The molecule has 1 heterocycles. The van der Waals surface area contributed by atoms with Crippen molar-refractivity contribution in [3.05, 3.63) is 66.7 Å². The number of nitrogens with zero attached hydrogens (tertiary/aromatic N) is 11. The summed E-state index contributed by atoms with van der Waals surface area (Å²) in [7, 11) is -1.22. The highest BCUT2D eigenvalue weighted by Gasteiger charge is 2.15. The predicted octanol–water partition coefficient (Wildman–Crippen LogP) is 8.93. The third-order valence-electron chi connectivity index (χ3n) is 10.0. The van der Waals surface area contributed by atoms with Crippen LogP contribution in [0.5, 0.6) is 28.7 Å². The van der Waals surface area contributed by atoms with Crippen molar-refractivity contribution in [3.63, 3.8) is 0 Å². The molecule has 22 nitrogen and oxygen atoms in total. The fraction of sp³-hybridized carbons (Fsp3) is 0.372. The van der Waals surface area contributed by atoms with Crippen LogP contribution in [0.2, 0.25) is 0 Å². The van der Waals surface area contributed by atoms with Crippen LogP contribution in [0.4, 0.5) is 57.7 Å². The van der Waals surface area contributed by atoms with Crippen molar-refractivity contribution in [1.82, 2.24) is 24.8 Å². The number of hydrogen-bond acceptors (Lipinski definition) is 21. The first-order valence-corrected chi connectivity index (χ1v) is 22.8. The fourth-order valence-electron chi connectivity index (χ4n) is 6.24. The first kappa shape index (κ1) is 49.9. The van der Waals surface area contributed by atoms with Crippen LogP contribution >= 0.6 is 0 Å². The molecule has 0 unspecified atom stereocenters. The molecule has 0 fully saturated rings. The third kappa shape index (κ3) is 14.5. The predicted molar refractivity (Wildman–Crippen MR) is 253 cm³/mol. The zero-order valence-corrected chi connectivity index (χ0v) is 38.6. The number of anilines is 4. The van der Waals surface area contributed by atoms with Crippen molar-refractivity contribution in [2.45, 2.75) is 45.4 Å². The number of aromatic hydroxyl groups is 3. The minimum atomic E-state index is -4.10. The summed E-state index contributed by atoms with van der Waals surface area (Å²) >= 11 is 0. The van der Waals surface area contributed by atoms with Crippen LogP contribution in [0.15, 0.2) is 102 Å². The molecule has 0 atom stereocenters. The van der Waals surface area contributed by atoms with E-state index in [0.29, 0.717) is 42.3 Å². The van der Waals surface area contributed by atoms with Gasteiger partial charge in [0.2, 0.25) is 27.9 Å². The van der Waals surface area contributed by atoms with E-state index in [4.69, 9.17) is 14.6 Å². The molecule has 0 amide bonds. The van der Waals surface area contributed by atoms with Crippen LogP contribution in [0.3, 0.4) is 0 Å². The van der Waals surface area contributed by atoms with Gasteiger partial charge in [-0.25, -0.2) is 13.6 Å². The summed E-state index contributed by atoms with van der Waals surface area (Å²) < 4.78 is 34.6. The van der Waals surface area contributed by atoms with Crippen LogP contribution in [0.1, 0.15) is 40.5 Å². The molecule has 0 bridgehead atoms. The van der Waals surface area contributed by atoms with Gasteiger partial charge >= 0.3 is 0 Å². The Morgan fingerprint density at radius 3 is 1.50 bits per heavy atom. The van der Waals surface area contributed by atoms with Crippen molar-refractivity contribution in [3.8, 4) is 28.7 Å². The van der Waals surface area contributed by atoms with Crippen LogP contribution < -0.4 is 30.6 Å². The molecule has 8 N–H and O–H groups in total. The van der Waals surface area contributed by atoms with E-state index in [0.717, 1.165) is 82.1 Å². The van der Waals surface area contributed by atoms with Gasteiger partial charge in [0.25, 0.3) is 0 Å². The molecule has 0 aliphatic carbocycles. The summed E-state index contributed by atoms with van der Waals surface area (Å²) in [5, 5.41) is 71.1. The lowest BCUT2D eigenvalue weighted by atomic mass is 10.2. The molecule has 66 heavy (non-hydrogen) atoms. The molecule has 0 aliphatic heterocycles. The molecule has 5 aromatic rings. The highest BCUT2D eigenvalue weighted by Crippen LogP contribution is 2.44. The van der Waals surface area contributed by atoms with Gasteiger partial charge in [0.05, 0.1) is 24.8 Å². The number of primary sulfonamides is 1. The first-order valence-electron chi connectivity index (χ1n) is 21.3. The van der Waals surface area contributed by atoms with Crippen molar-refractivity contribution >= 4 is 67.7 Å². The number of azo groups is 3. The molecule has 23 heteroatoms. The minimum Gasteiger partial charge on any atom is -0.506 e. The van der Waals surface area contributed by atoms with E-state index in [-0.39, 0.29) is 39.1 Å². The monoisotopic (exact) mass is 927 g/mol. The van der Waals surface area contributed by atoms with Gasteiger partial charge in [0.1, 0.15) is 57.2 Å². The Morgan fingerprint density at radius 2 is 1.03 bits per heavy atom. The lowest BCUT2D eigenvalue weighted by Crippen LogP contribution is -2.26. The van der Waals surface area contributed by atoms with Gasteiger partial charge in [-0.2, -0.15) is 20.1 Å². The topological polar surface area (TPSA) is 295 Å². The van der Waals surface area contributed by atoms with Gasteiger partial charge in [-0.3, -0.25) is 0 Å². The van der Waals surface area contributed by atoms with E-state index in [1.807, 2.05) is 12.1 Å². The van der Waals surface area contributed by atoms with E-state index in [1.54, 1.807) is 18.2 Å². The molecule has 0 spiro atoms. The van der Waals surface area contributed by atoms with Gasteiger partial charge in [-0.1, -0.05) is 27.7 Å². The second kappa shape index (κ2) is 24.3. The molecule has 5 rings (SSSR count). The molecular weight excluding hydrogens is 871 g/mol. The van der Waals surface area contributed by atoms with Gasteiger partial charge in [0.15, 0.2) is 0 Å². The Kier molecular flexibility index (Phi) is 18.4. The number of benzene rings is 4. The van der Waals surface area contributed by atoms with Crippen LogP contribution in [0, 0.1) is 0 Å². The summed E-state index contributed by atoms with van der Waals surface area (Å²) in [6.45, 7) is 16.0. The number of rotatable bonds is 25. The minimum absolute atomic E-state index is 0.125. The van der Waals surface area contributed by atoms with Crippen molar-refractivity contribution < 1.29 is 33.2 Å². The zero-order valence-electron chi connectivity index (χ0n) is 37.8. The van der Waals surface area contributed by atoms with Crippen LogP contribution in [-0.2, 0) is 10.0 Å². The number of sulfonamides is 1. The zero-order chi connectivity index (χ0) is 47.6. The Balaban J connectivity index is 1.29. The molecule has 1 aromatic heterocycles. The molecule has 0 saturated heterocycles. The standard InChI is InChI=1S/C43H57N15O7S/c1-7-57(8-2)21-11-19-45-41-48-42(46-20-12-22-58(9-3)10-4)50-43(49-41)47-28-13-15-29(16-14-28)51-55-34-25-40(65-6)35(26-39(34)64-5)56-54-33-24-32(37(60)27-38(33)61)53-52-31-23-30(66(44,62)63)17-18-36(31)59/h13-18,23-27,59-61H,7-12,19-22H2,1-6H3,(H2,44,62,63)(H3,45,46,47,48,49,50). The number of hydrogen-bond donors (Lipinski definition) is 7. The van der Waals surface area contributed by atoms with E-state index in [2.05, 4.69) is 99.1 Å². The van der Waals surface area contributed by atoms with E-state index in [1.165, 1.54) is 26.4 Å². The SMILES string of the molecule is CCN(CC)CCCNc1nc(NCCCN(CC)CC)nc(Nc2ccc(N=Nc3cc(OC)c(N=Nc4cc(N=Nc5cc(S(N)(=O)=O)ccc5O)c(O)cc4O)cc3OC)cc2)n1. The summed E-state index contributed by atoms with van der Waals surface area (Å²) in [6.07, 6.45) is 1.88.